The topological polar surface area (TPSA) is 78.8 Å². The molecular formula is C19H27IN4O2. The highest BCUT2D eigenvalue weighted by molar-refractivity contribution is 14.0. The molecule has 6 nitrogen and oxygen atoms in total. The van der Waals surface area contributed by atoms with E-state index in [1.54, 1.807) is 13.3 Å². The van der Waals surface area contributed by atoms with Crippen LogP contribution in [0.15, 0.2) is 53.7 Å². The van der Waals surface area contributed by atoms with Gasteiger partial charge in [-0.1, -0.05) is 18.2 Å². The van der Waals surface area contributed by atoms with Crippen LogP contribution in [0.25, 0.3) is 0 Å². The molecule has 0 aliphatic rings. The molecular weight excluding hydrogens is 443 g/mol. The molecule has 2 rings (SSSR count). The Labute approximate surface area is 172 Å². The maximum absolute atomic E-state index is 10.3. The number of ether oxygens (including phenoxy) is 1. The van der Waals surface area contributed by atoms with Crippen molar-refractivity contribution < 1.29 is 9.84 Å². The number of benzene rings is 1. The average Bonchev–Trinajstić information content (AvgIpc) is 2.66. The fourth-order valence-electron chi connectivity index (χ4n) is 2.33. The second kappa shape index (κ2) is 12.5. The molecule has 1 atom stereocenters. The molecule has 1 heterocycles. The van der Waals surface area contributed by atoms with Crippen molar-refractivity contribution >= 4 is 29.9 Å². The normalized spacial score (nSPS) is 12.0. The third-order valence-corrected chi connectivity index (χ3v) is 3.64. The molecule has 1 aromatic carbocycles. The zero-order valence-corrected chi connectivity index (χ0v) is 17.5. The first-order chi connectivity index (χ1) is 12.2. The first kappa shape index (κ1) is 22.2. The molecule has 0 radical (unpaired) electrons. The lowest BCUT2D eigenvalue weighted by Crippen LogP contribution is -2.38. The van der Waals surface area contributed by atoms with Gasteiger partial charge in [-0.15, -0.1) is 24.0 Å². The first-order valence-electron chi connectivity index (χ1n) is 8.47. The van der Waals surface area contributed by atoms with Crippen molar-refractivity contribution in [1.29, 1.82) is 0 Å². The lowest BCUT2D eigenvalue weighted by Gasteiger charge is -2.13. The Bertz CT molecular complexity index is 668. The summed E-state index contributed by atoms with van der Waals surface area (Å²) < 4.78 is 5.19. The Hall–Kier alpha value is -1.87. The summed E-state index contributed by atoms with van der Waals surface area (Å²) >= 11 is 0. The fourth-order valence-corrected chi connectivity index (χ4v) is 2.33. The van der Waals surface area contributed by atoms with Crippen molar-refractivity contribution in [3.05, 3.63) is 59.9 Å². The standard InChI is InChI=1S/C19H26N4O2.HI/c1-3-20-19(22-12-10-16-8-4-5-11-21-16)23-14-18(24)15-7-6-9-17(13-15)25-2;/h4-9,11,13,18,24H,3,10,12,14H2,1-2H3,(H2,20,22,23);1H. The predicted octanol–water partition coefficient (Wildman–Crippen LogP) is 2.54. The van der Waals surface area contributed by atoms with E-state index < -0.39 is 6.10 Å². The van der Waals surface area contributed by atoms with Gasteiger partial charge in [0.2, 0.25) is 0 Å². The molecule has 0 bridgehead atoms. The smallest absolute Gasteiger partial charge is 0.191 e. The number of hydrogen-bond donors (Lipinski definition) is 3. The minimum Gasteiger partial charge on any atom is -0.497 e. The minimum absolute atomic E-state index is 0. The average molecular weight is 470 g/mol. The summed E-state index contributed by atoms with van der Waals surface area (Å²) in [7, 11) is 1.61. The highest BCUT2D eigenvalue weighted by Gasteiger charge is 2.08. The maximum Gasteiger partial charge on any atom is 0.191 e. The predicted molar refractivity (Wildman–Crippen MR) is 115 cm³/mol. The van der Waals surface area contributed by atoms with Crippen LogP contribution in [0.5, 0.6) is 5.75 Å². The van der Waals surface area contributed by atoms with Crippen LogP contribution < -0.4 is 15.4 Å². The molecule has 0 saturated heterocycles. The summed E-state index contributed by atoms with van der Waals surface area (Å²) in [6.45, 7) is 3.75. The van der Waals surface area contributed by atoms with Gasteiger partial charge in [-0.05, 0) is 36.8 Å². The summed E-state index contributed by atoms with van der Waals surface area (Å²) in [4.78, 5) is 8.76. The van der Waals surface area contributed by atoms with Gasteiger partial charge < -0.3 is 20.5 Å². The van der Waals surface area contributed by atoms with E-state index in [9.17, 15) is 5.11 Å². The van der Waals surface area contributed by atoms with Gasteiger partial charge in [0.25, 0.3) is 0 Å². The Morgan fingerprint density at radius 1 is 1.23 bits per heavy atom. The van der Waals surface area contributed by atoms with E-state index in [2.05, 4.69) is 20.6 Å². The molecule has 0 amide bonds. The number of guanidine groups is 1. The van der Waals surface area contributed by atoms with E-state index >= 15 is 0 Å². The lowest BCUT2D eigenvalue weighted by molar-refractivity contribution is 0.186. The Balaban J connectivity index is 0.00000338. The van der Waals surface area contributed by atoms with Crippen LogP contribution in [0.3, 0.4) is 0 Å². The SMILES string of the molecule is CCNC(=NCC(O)c1cccc(OC)c1)NCCc1ccccn1.I. The maximum atomic E-state index is 10.3. The number of pyridine rings is 1. The third kappa shape index (κ3) is 7.57. The summed E-state index contributed by atoms with van der Waals surface area (Å²) in [5.41, 5.74) is 1.81. The molecule has 1 aromatic heterocycles. The molecule has 3 N–H and O–H groups in total. The number of aliphatic imine (C=N–C) groups is 1. The van der Waals surface area contributed by atoms with Gasteiger partial charge in [0, 0.05) is 31.4 Å². The van der Waals surface area contributed by atoms with E-state index in [4.69, 9.17) is 4.74 Å². The highest BCUT2D eigenvalue weighted by atomic mass is 127. The van der Waals surface area contributed by atoms with Crippen molar-refractivity contribution in [2.24, 2.45) is 4.99 Å². The molecule has 1 unspecified atom stereocenters. The van der Waals surface area contributed by atoms with E-state index in [-0.39, 0.29) is 30.5 Å². The number of methoxy groups -OCH3 is 1. The van der Waals surface area contributed by atoms with Crippen molar-refractivity contribution in [1.82, 2.24) is 15.6 Å². The van der Waals surface area contributed by atoms with Gasteiger partial charge >= 0.3 is 0 Å². The van der Waals surface area contributed by atoms with Crippen LogP contribution in [0.4, 0.5) is 0 Å². The zero-order valence-electron chi connectivity index (χ0n) is 15.2. The molecule has 0 spiro atoms. The van der Waals surface area contributed by atoms with Gasteiger partial charge in [0.05, 0.1) is 19.8 Å². The van der Waals surface area contributed by atoms with Crippen LogP contribution in [-0.2, 0) is 6.42 Å². The Kier molecular flexibility index (Phi) is 10.6. The number of aliphatic hydroxyl groups is 1. The van der Waals surface area contributed by atoms with Gasteiger partial charge in [-0.2, -0.15) is 0 Å². The Morgan fingerprint density at radius 3 is 2.77 bits per heavy atom. The van der Waals surface area contributed by atoms with Crippen molar-refractivity contribution in [2.75, 3.05) is 26.7 Å². The Morgan fingerprint density at radius 2 is 2.08 bits per heavy atom. The lowest BCUT2D eigenvalue weighted by atomic mass is 10.1. The molecule has 2 aromatic rings. The van der Waals surface area contributed by atoms with Gasteiger partial charge in [-0.3, -0.25) is 9.98 Å². The fraction of sp³-hybridized carbons (Fsp3) is 0.368. The van der Waals surface area contributed by atoms with Crippen molar-refractivity contribution in [2.45, 2.75) is 19.4 Å². The van der Waals surface area contributed by atoms with Crippen LogP contribution in [-0.4, -0.2) is 42.8 Å². The largest absolute Gasteiger partial charge is 0.497 e. The monoisotopic (exact) mass is 470 g/mol. The van der Waals surface area contributed by atoms with E-state index in [0.717, 1.165) is 36.5 Å². The van der Waals surface area contributed by atoms with Gasteiger partial charge in [0.15, 0.2) is 5.96 Å². The molecule has 7 heteroatoms. The number of aliphatic hydroxyl groups excluding tert-OH is 1. The van der Waals surface area contributed by atoms with Crippen LogP contribution in [0.1, 0.15) is 24.3 Å². The number of nitrogens with one attached hydrogen (secondary N) is 2. The summed E-state index contributed by atoms with van der Waals surface area (Å²) in [5.74, 6) is 1.40. The van der Waals surface area contributed by atoms with E-state index in [0.29, 0.717) is 5.96 Å². The number of aromatic nitrogens is 1. The van der Waals surface area contributed by atoms with Gasteiger partial charge in [0.1, 0.15) is 5.75 Å². The molecule has 0 saturated carbocycles. The number of rotatable bonds is 8. The molecule has 0 aliphatic carbocycles. The van der Waals surface area contributed by atoms with Crippen LogP contribution in [0, 0.1) is 0 Å². The second-order valence-corrected chi connectivity index (χ2v) is 5.51. The number of nitrogens with zero attached hydrogens (tertiary/aromatic N) is 2. The summed E-state index contributed by atoms with van der Waals surface area (Å²) in [5, 5.41) is 16.8. The molecule has 142 valence electrons. The van der Waals surface area contributed by atoms with E-state index in [1.165, 1.54) is 0 Å². The van der Waals surface area contributed by atoms with Crippen molar-refractivity contribution in [3.8, 4) is 5.75 Å². The quantitative estimate of drug-likeness (QED) is 0.314. The summed E-state index contributed by atoms with van der Waals surface area (Å²) in [6.07, 6.45) is 1.92. The van der Waals surface area contributed by atoms with Crippen LogP contribution in [0.2, 0.25) is 0 Å². The highest BCUT2D eigenvalue weighted by Crippen LogP contribution is 2.19. The second-order valence-electron chi connectivity index (χ2n) is 5.51. The molecule has 0 fully saturated rings. The van der Waals surface area contributed by atoms with Crippen LogP contribution >= 0.6 is 24.0 Å². The number of hydrogen-bond acceptors (Lipinski definition) is 4. The number of halogens is 1. The third-order valence-electron chi connectivity index (χ3n) is 3.64. The molecule has 26 heavy (non-hydrogen) atoms. The zero-order chi connectivity index (χ0) is 17.9. The minimum atomic E-state index is -0.679. The van der Waals surface area contributed by atoms with E-state index in [1.807, 2.05) is 49.4 Å². The molecule has 0 aliphatic heterocycles. The van der Waals surface area contributed by atoms with Crippen molar-refractivity contribution in [3.63, 3.8) is 0 Å². The first-order valence-corrected chi connectivity index (χ1v) is 8.47. The van der Waals surface area contributed by atoms with Gasteiger partial charge in [-0.25, -0.2) is 0 Å². The summed E-state index contributed by atoms with van der Waals surface area (Å²) in [6, 6.07) is 13.3.